The van der Waals surface area contributed by atoms with Gasteiger partial charge in [0.2, 0.25) is 21.8 Å². The third-order valence-electron chi connectivity index (χ3n) is 7.41. The van der Waals surface area contributed by atoms with Crippen LogP contribution >= 0.6 is 0 Å². The number of benzene rings is 1. The standard InChI is InChI=1S/C24H36N4O4S/c1-17-10-12-28(13-11-17)24(30)22-14-19(15-25-22)33(31,32)27(2)16-23(29)26-21-9-5-7-18-6-3-4-8-20(18)21/h3-4,6,8,17,19,21-22,25H,5,7,9-16H2,1-2H3,(H,26,29). The van der Waals surface area contributed by atoms with Gasteiger partial charge in [-0.3, -0.25) is 9.59 Å². The lowest BCUT2D eigenvalue weighted by atomic mass is 9.88. The summed E-state index contributed by atoms with van der Waals surface area (Å²) in [4.78, 5) is 27.4. The first-order chi connectivity index (χ1) is 15.8. The van der Waals surface area contributed by atoms with Gasteiger partial charge in [0.15, 0.2) is 0 Å². The second-order valence-corrected chi connectivity index (χ2v) is 12.2. The largest absolute Gasteiger partial charge is 0.348 e. The number of fused-ring (bicyclic) bond motifs is 1. The Kier molecular flexibility index (Phi) is 7.40. The molecule has 2 saturated heterocycles. The fraction of sp³-hybridized carbons (Fsp3) is 0.667. The number of amides is 2. The maximum absolute atomic E-state index is 13.1. The highest BCUT2D eigenvalue weighted by Crippen LogP contribution is 2.29. The van der Waals surface area contributed by atoms with E-state index in [4.69, 9.17) is 0 Å². The number of hydrogen-bond donors (Lipinski definition) is 2. The first kappa shape index (κ1) is 24.2. The minimum absolute atomic E-state index is 0.00374. The van der Waals surface area contributed by atoms with Crippen LogP contribution in [0.15, 0.2) is 24.3 Å². The summed E-state index contributed by atoms with van der Waals surface area (Å²) >= 11 is 0. The zero-order chi connectivity index (χ0) is 23.6. The van der Waals surface area contributed by atoms with Gasteiger partial charge >= 0.3 is 0 Å². The number of likely N-dealkylation sites (tertiary alicyclic amines) is 1. The van der Waals surface area contributed by atoms with E-state index in [0.29, 0.717) is 5.92 Å². The molecule has 1 aliphatic carbocycles. The van der Waals surface area contributed by atoms with Gasteiger partial charge < -0.3 is 15.5 Å². The van der Waals surface area contributed by atoms with Gasteiger partial charge in [-0.1, -0.05) is 31.2 Å². The summed E-state index contributed by atoms with van der Waals surface area (Å²) in [5, 5.41) is 5.42. The molecule has 0 spiro atoms. The van der Waals surface area contributed by atoms with Crippen molar-refractivity contribution < 1.29 is 18.0 Å². The van der Waals surface area contributed by atoms with E-state index in [1.54, 1.807) is 0 Å². The van der Waals surface area contributed by atoms with Gasteiger partial charge in [0.05, 0.1) is 23.9 Å². The summed E-state index contributed by atoms with van der Waals surface area (Å²) in [7, 11) is -2.25. The normalized spacial score (nSPS) is 26.3. The molecule has 0 bridgehead atoms. The molecule has 3 atom stereocenters. The number of rotatable bonds is 6. The van der Waals surface area contributed by atoms with Gasteiger partial charge in [-0.25, -0.2) is 8.42 Å². The molecular weight excluding hydrogens is 440 g/mol. The van der Waals surface area contributed by atoms with Crippen LogP contribution in [0, 0.1) is 5.92 Å². The Morgan fingerprint density at radius 3 is 2.67 bits per heavy atom. The highest BCUT2D eigenvalue weighted by molar-refractivity contribution is 7.89. The number of likely N-dealkylation sites (N-methyl/N-ethyl adjacent to an activating group) is 1. The summed E-state index contributed by atoms with van der Waals surface area (Å²) in [6.07, 6.45) is 5.07. The molecule has 0 saturated carbocycles. The fourth-order valence-electron chi connectivity index (χ4n) is 5.26. The molecule has 8 nitrogen and oxygen atoms in total. The van der Waals surface area contributed by atoms with E-state index in [-0.39, 0.29) is 37.4 Å². The predicted octanol–water partition coefficient (Wildman–Crippen LogP) is 1.43. The average Bonchev–Trinajstić information content (AvgIpc) is 3.30. The van der Waals surface area contributed by atoms with Crippen molar-refractivity contribution in [1.29, 1.82) is 0 Å². The van der Waals surface area contributed by atoms with Gasteiger partial charge in [0, 0.05) is 26.7 Å². The van der Waals surface area contributed by atoms with Crippen LogP contribution in [0.5, 0.6) is 0 Å². The molecule has 1 aromatic rings. The molecule has 0 radical (unpaired) electrons. The lowest BCUT2D eigenvalue weighted by Crippen LogP contribution is -2.46. The van der Waals surface area contributed by atoms with E-state index in [1.165, 1.54) is 12.6 Å². The minimum atomic E-state index is -3.70. The molecule has 3 unspecified atom stereocenters. The number of nitrogens with zero attached hydrogens (tertiary/aromatic N) is 2. The third-order valence-corrected chi connectivity index (χ3v) is 9.61. The first-order valence-corrected chi connectivity index (χ1v) is 13.6. The summed E-state index contributed by atoms with van der Waals surface area (Å²) in [6.45, 7) is 3.67. The zero-order valence-corrected chi connectivity index (χ0v) is 20.4. The van der Waals surface area contributed by atoms with E-state index in [9.17, 15) is 18.0 Å². The van der Waals surface area contributed by atoms with Crippen LogP contribution in [0.2, 0.25) is 0 Å². The molecule has 0 aromatic heterocycles. The summed E-state index contributed by atoms with van der Waals surface area (Å²) in [6, 6.07) is 7.53. The van der Waals surface area contributed by atoms with Crippen LogP contribution in [-0.4, -0.2) is 74.0 Å². The Morgan fingerprint density at radius 2 is 1.91 bits per heavy atom. The molecule has 4 rings (SSSR count). The van der Waals surface area contributed by atoms with Crippen molar-refractivity contribution in [2.45, 2.75) is 62.8 Å². The average molecular weight is 477 g/mol. The second kappa shape index (κ2) is 10.1. The maximum atomic E-state index is 13.1. The van der Waals surface area contributed by atoms with Crippen LogP contribution in [-0.2, 0) is 26.0 Å². The first-order valence-electron chi connectivity index (χ1n) is 12.1. The van der Waals surface area contributed by atoms with Gasteiger partial charge in [-0.2, -0.15) is 4.31 Å². The Hall–Kier alpha value is -1.97. The van der Waals surface area contributed by atoms with E-state index in [1.807, 2.05) is 23.1 Å². The Bertz CT molecular complexity index is 974. The molecule has 2 fully saturated rings. The van der Waals surface area contributed by atoms with Crippen molar-refractivity contribution >= 4 is 21.8 Å². The summed E-state index contributed by atoms with van der Waals surface area (Å²) in [5.41, 5.74) is 2.36. The van der Waals surface area contributed by atoms with E-state index >= 15 is 0 Å². The lowest BCUT2D eigenvalue weighted by Gasteiger charge is -2.32. The molecule has 2 aliphatic heterocycles. The van der Waals surface area contributed by atoms with Crippen LogP contribution in [0.3, 0.4) is 0 Å². The van der Waals surface area contributed by atoms with Crippen molar-refractivity contribution in [1.82, 2.24) is 19.8 Å². The van der Waals surface area contributed by atoms with Crippen LogP contribution in [0.25, 0.3) is 0 Å². The third kappa shape index (κ3) is 5.41. The van der Waals surface area contributed by atoms with Crippen molar-refractivity contribution in [3.8, 4) is 0 Å². The molecule has 1 aromatic carbocycles. The smallest absolute Gasteiger partial charge is 0.239 e. The van der Waals surface area contributed by atoms with Gasteiger partial charge in [-0.15, -0.1) is 0 Å². The monoisotopic (exact) mass is 476 g/mol. The predicted molar refractivity (Wildman–Crippen MR) is 127 cm³/mol. The Labute approximate surface area is 197 Å². The molecular formula is C24H36N4O4S. The van der Waals surface area contributed by atoms with Crippen LogP contribution < -0.4 is 10.6 Å². The van der Waals surface area contributed by atoms with E-state index in [0.717, 1.165) is 55.1 Å². The van der Waals surface area contributed by atoms with Gasteiger partial charge in [-0.05, 0) is 55.6 Å². The van der Waals surface area contributed by atoms with Crippen molar-refractivity contribution in [2.24, 2.45) is 5.92 Å². The lowest BCUT2D eigenvalue weighted by molar-refractivity contribution is -0.134. The Morgan fingerprint density at radius 1 is 1.18 bits per heavy atom. The number of aryl methyl sites for hydroxylation is 1. The quantitative estimate of drug-likeness (QED) is 0.647. The molecule has 33 heavy (non-hydrogen) atoms. The maximum Gasteiger partial charge on any atom is 0.239 e. The Balaban J connectivity index is 1.31. The topological polar surface area (TPSA) is 98.8 Å². The van der Waals surface area contributed by atoms with Crippen molar-refractivity contribution in [3.05, 3.63) is 35.4 Å². The molecule has 9 heteroatoms. The highest BCUT2D eigenvalue weighted by Gasteiger charge is 2.41. The highest BCUT2D eigenvalue weighted by atomic mass is 32.2. The minimum Gasteiger partial charge on any atom is -0.348 e. The molecule has 182 valence electrons. The van der Waals surface area contributed by atoms with Gasteiger partial charge in [0.1, 0.15) is 0 Å². The number of hydrogen-bond acceptors (Lipinski definition) is 5. The van der Waals surface area contributed by atoms with E-state index < -0.39 is 21.3 Å². The molecule has 2 heterocycles. The van der Waals surface area contributed by atoms with Gasteiger partial charge in [0.25, 0.3) is 0 Å². The molecule has 3 aliphatic rings. The van der Waals surface area contributed by atoms with E-state index in [2.05, 4.69) is 23.6 Å². The number of carbonyl (C=O) groups is 2. The van der Waals surface area contributed by atoms with Crippen molar-refractivity contribution in [2.75, 3.05) is 33.2 Å². The summed E-state index contributed by atoms with van der Waals surface area (Å²) in [5.74, 6) is 0.320. The molecule has 2 N–H and O–H groups in total. The SMILES string of the molecule is CC1CCN(C(=O)C2CC(S(=O)(=O)N(C)CC(=O)NC3CCCc4ccccc43)CN2)CC1. The number of nitrogens with one attached hydrogen (secondary N) is 2. The van der Waals surface area contributed by atoms with Crippen LogP contribution in [0.4, 0.5) is 0 Å². The zero-order valence-electron chi connectivity index (χ0n) is 19.6. The number of piperidine rings is 1. The summed E-state index contributed by atoms with van der Waals surface area (Å²) < 4.78 is 27.4. The van der Waals surface area contributed by atoms with Crippen molar-refractivity contribution in [3.63, 3.8) is 0 Å². The number of carbonyl (C=O) groups excluding carboxylic acids is 2. The fourth-order valence-corrected chi connectivity index (χ4v) is 6.81. The second-order valence-electron chi connectivity index (χ2n) is 9.84. The van der Waals surface area contributed by atoms with Crippen LogP contribution in [0.1, 0.15) is 56.2 Å². The molecule has 2 amide bonds. The number of sulfonamides is 1.